The summed E-state index contributed by atoms with van der Waals surface area (Å²) in [6.07, 6.45) is -0.352. The maximum absolute atomic E-state index is 12.0. The first-order valence-corrected chi connectivity index (χ1v) is 10.3. The van der Waals surface area contributed by atoms with Crippen molar-refractivity contribution < 1.29 is 28.2 Å². The highest BCUT2D eigenvalue weighted by Crippen LogP contribution is 2.55. The van der Waals surface area contributed by atoms with Crippen molar-refractivity contribution in [2.45, 2.75) is 30.1 Å². The molecule has 10 heteroatoms. The summed E-state index contributed by atoms with van der Waals surface area (Å²) in [5.74, 6) is -2.04. The average Bonchev–Trinajstić information content (AvgIpc) is 2.87. The third kappa shape index (κ3) is 2.55. The van der Waals surface area contributed by atoms with Crippen LogP contribution in [-0.4, -0.2) is 63.6 Å². The van der Waals surface area contributed by atoms with Gasteiger partial charge in [-0.1, -0.05) is 11.8 Å². The van der Waals surface area contributed by atoms with Gasteiger partial charge in [-0.3, -0.25) is 9.69 Å². The van der Waals surface area contributed by atoms with E-state index in [9.17, 15) is 28.2 Å². The first-order chi connectivity index (χ1) is 10.2. The van der Waals surface area contributed by atoms with Crippen LogP contribution in [0.2, 0.25) is 0 Å². The fourth-order valence-corrected chi connectivity index (χ4v) is 8.51. The van der Waals surface area contributed by atoms with Crippen molar-refractivity contribution in [3.8, 4) is 0 Å². The molecule has 0 bridgehead atoms. The minimum atomic E-state index is -3.04. The van der Waals surface area contributed by atoms with Crippen LogP contribution >= 0.6 is 23.5 Å². The van der Waals surface area contributed by atoms with Gasteiger partial charge in [-0.25, -0.2) is 13.2 Å². The molecule has 3 aliphatic rings. The highest BCUT2D eigenvalue weighted by atomic mass is 32.2. The van der Waals surface area contributed by atoms with Crippen molar-refractivity contribution in [3.63, 3.8) is 0 Å². The number of aliphatic carboxylic acids is 1. The fraction of sp³-hybridized carbons (Fsp3) is 0.667. The highest BCUT2D eigenvalue weighted by Gasteiger charge is 2.58. The Hall–Kier alpha value is -0.710. The standard InChI is InChI=1S/C12H15NO6S3/c1-5(14)7-9(15)13-8(11(16)17)12(21-10(7)13)20-6-2-3-22(18,19)4-6/h5-7,10,14H,2-4H2,1H3,(H,16,17)/t5?,6?,7?,10-/m1/s1. The first-order valence-electron chi connectivity index (χ1n) is 6.73. The molecule has 122 valence electrons. The number of carboxylic acid groups (broad SMARTS) is 1. The van der Waals surface area contributed by atoms with Crippen molar-refractivity contribution in [2.75, 3.05) is 11.5 Å². The molecule has 0 radical (unpaired) electrons. The average molecular weight is 365 g/mol. The van der Waals surface area contributed by atoms with Gasteiger partial charge in [0.15, 0.2) is 15.5 Å². The number of amides is 1. The van der Waals surface area contributed by atoms with Crippen LogP contribution in [0.25, 0.3) is 0 Å². The van der Waals surface area contributed by atoms with E-state index in [0.717, 1.165) is 0 Å². The maximum atomic E-state index is 12.0. The monoisotopic (exact) mass is 365 g/mol. The molecule has 0 aromatic carbocycles. The lowest BCUT2D eigenvalue weighted by Crippen LogP contribution is -2.60. The molecule has 0 spiro atoms. The van der Waals surface area contributed by atoms with Gasteiger partial charge in [0.2, 0.25) is 5.91 Å². The van der Waals surface area contributed by atoms with Crippen molar-refractivity contribution in [3.05, 3.63) is 9.93 Å². The minimum Gasteiger partial charge on any atom is -0.477 e. The molecule has 3 rings (SSSR count). The quantitative estimate of drug-likeness (QED) is 0.673. The third-order valence-electron chi connectivity index (χ3n) is 3.93. The van der Waals surface area contributed by atoms with Crippen LogP contribution in [0, 0.1) is 5.92 Å². The third-order valence-corrected chi connectivity index (χ3v) is 8.79. The van der Waals surface area contributed by atoms with Crippen LogP contribution < -0.4 is 0 Å². The molecule has 0 aromatic rings. The Morgan fingerprint density at radius 3 is 2.68 bits per heavy atom. The second kappa shape index (κ2) is 5.43. The van der Waals surface area contributed by atoms with Crippen molar-refractivity contribution >= 4 is 45.2 Å². The van der Waals surface area contributed by atoms with Gasteiger partial charge >= 0.3 is 5.97 Å². The Morgan fingerprint density at radius 1 is 1.50 bits per heavy atom. The number of carbonyl (C=O) groups is 2. The normalized spacial score (nSPS) is 34.5. The van der Waals surface area contributed by atoms with E-state index in [-0.39, 0.29) is 28.4 Å². The summed E-state index contributed by atoms with van der Waals surface area (Å²) in [6, 6.07) is 0. The molecule has 3 unspecified atom stereocenters. The summed E-state index contributed by atoms with van der Waals surface area (Å²) in [5.41, 5.74) is -0.0776. The Morgan fingerprint density at radius 2 is 2.18 bits per heavy atom. The molecule has 3 aliphatic heterocycles. The fourth-order valence-electron chi connectivity index (χ4n) is 2.84. The number of rotatable bonds is 4. The molecule has 4 atom stereocenters. The Bertz CT molecular complexity index is 670. The van der Waals surface area contributed by atoms with Gasteiger partial charge in [0.25, 0.3) is 0 Å². The van der Waals surface area contributed by atoms with Gasteiger partial charge in [-0.2, -0.15) is 0 Å². The Labute approximate surface area is 136 Å². The Balaban J connectivity index is 1.82. The number of fused-ring (bicyclic) bond motifs is 1. The van der Waals surface area contributed by atoms with E-state index in [0.29, 0.717) is 10.7 Å². The number of carboxylic acids is 1. The lowest BCUT2D eigenvalue weighted by Gasteiger charge is -2.43. The summed E-state index contributed by atoms with van der Waals surface area (Å²) < 4.78 is 23.5. The van der Waals surface area contributed by atoms with Crippen molar-refractivity contribution in [1.29, 1.82) is 0 Å². The number of carbonyl (C=O) groups excluding carboxylic acids is 1. The van der Waals surface area contributed by atoms with Crippen LogP contribution in [0.4, 0.5) is 0 Å². The summed E-state index contributed by atoms with van der Waals surface area (Å²) in [7, 11) is -3.04. The van der Waals surface area contributed by atoms with Crippen LogP contribution in [0.3, 0.4) is 0 Å². The SMILES string of the molecule is CC(O)C1C(=O)N2C(C(=O)O)=C(SC3CCS(=O)(=O)C3)S[C@H]12. The Kier molecular flexibility index (Phi) is 3.99. The predicted molar refractivity (Wildman–Crippen MR) is 82.7 cm³/mol. The summed E-state index contributed by atoms with van der Waals surface area (Å²) in [5, 5.41) is 18.4. The molecule has 0 saturated carbocycles. The van der Waals surface area contributed by atoms with E-state index in [1.807, 2.05) is 0 Å². The minimum absolute atomic E-state index is 0.0348. The first kappa shape index (κ1) is 16.2. The lowest BCUT2D eigenvalue weighted by atomic mass is 9.92. The van der Waals surface area contributed by atoms with Gasteiger partial charge in [0.05, 0.1) is 27.8 Å². The maximum Gasteiger partial charge on any atom is 0.354 e. The zero-order chi connectivity index (χ0) is 16.2. The van der Waals surface area contributed by atoms with Gasteiger partial charge in [-0.15, -0.1) is 11.8 Å². The molecular formula is C12H15NO6S3. The number of thioether (sulfide) groups is 2. The molecule has 2 saturated heterocycles. The predicted octanol–water partition coefficient (Wildman–Crippen LogP) is 0.0725. The van der Waals surface area contributed by atoms with Crippen molar-refractivity contribution in [1.82, 2.24) is 4.90 Å². The van der Waals surface area contributed by atoms with E-state index >= 15 is 0 Å². The molecule has 0 aliphatic carbocycles. The number of nitrogens with zero attached hydrogens (tertiary/aromatic N) is 1. The van der Waals surface area contributed by atoms with Gasteiger partial charge in [0, 0.05) is 5.25 Å². The van der Waals surface area contributed by atoms with Gasteiger partial charge in [-0.05, 0) is 13.3 Å². The van der Waals surface area contributed by atoms with Crippen LogP contribution in [-0.2, 0) is 19.4 Å². The van der Waals surface area contributed by atoms with E-state index in [1.54, 1.807) is 0 Å². The molecule has 3 heterocycles. The number of aliphatic hydroxyl groups is 1. The molecule has 2 N–H and O–H groups in total. The number of hydrogen-bond acceptors (Lipinski definition) is 7. The zero-order valence-corrected chi connectivity index (χ0v) is 14.1. The number of hydrogen-bond donors (Lipinski definition) is 2. The molecule has 2 fully saturated rings. The molecular weight excluding hydrogens is 350 g/mol. The van der Waals surface area contributed by atoms with Crippen LogP contribution in [0.1, 0.15) is 13.3 Å². The smallest absolute Gasteiger partial charge is 0.354 e. The molecule has 0 aromatic heterocycles. The van der Waals surface area contributed by atoms with E-state index in [1.165, 1.54) is 35.3 Å². The summed E-state index contributed by atoms with van der Waals surface area (Å²) in [6.45, 7) is 1.51. The van der Waals surface area contributed by atoms with E-state index in [4.69, 9.17) is 0 Å². The van der Waals surface area contributed by atoms with Gasteiger partial charge in [0.1, 0.15) is 5.37 Å². The van der Waals surface area contributed by atoms with Crippen LogP contribution in [0.15, 0.2) is 9.93 Å². The van der Waals surface area contributed by atoms with Crippen LogP contribution in [0.5, 0.6) is 0 Å². The van der Waals surface area contributed by atoms with Crippen molar-refractivity contribution in [2.24, 2.45) is 5.92 Å². The molecule has 7 nitrogen and oxygen atoms in total. The molecule has 22 heavy (non-hydrogen) atoms. The largest absolute Gasteiger partial charge is 0.477 e. The summed E-state index contributed by atoms with van der Waals surface area (Å²) >= 11 is 2.46. The second-order valence-corrected chi connectivity index (χ2v) is 10.5. The second-order valence-electron chi connectivity index (χ2n) is 5.57. The highest BCUT2D eigenvalue weighted by molar-refractivity contribution is 8.23. The number of β-lactam (4-membered cyclic amide) rings is 1. The topological polar surface area (TPSA) is 112 Å². The lowest BCUT2D eigenvalue weighted by molar-refractivity contribution is -0.156. The number of aliphatic hydroxyl groups excluding tert-OH is 1. The van der Waals surface area contributed by atoms with E-state index < -0.39 is 33.2 Å². The van der Waals surface area contributed by atoms with E-state index in [2.05, 4.69) is 0 Å². The number of sulfone groups is 1. The molecule has 1 amide bonds. The summed E-state index contributed by atoms with van der Waals surface area (Å²) in [4.78, 5) is 24.7. The van der Waals surface area contributed by atoms with Gasteiger partial charge < -0.3 is 10.2 Å². The zero-order valence-electron chi connectivity index (χ0n) is 11.6.